The van der Waals surface area contributed by atoms with Crippen molar-refractivity contribution in [3.63, 3.8) is 0 Å². The first-order valence-electron chi connectivity index (χ1n) is 17.9. The number of carbonyl (C=O) groups excluding carboxylic acids is 5. The maximum Gasteiger partial charge on any atom is 0.408 e. The molecule has 4 aliphatic rings. The molecule has 0 unspecified atom stereocenters. The number of alkyl carbamates (subject to hydrolysis) is 1. The van der Waals surface area contributed by atoms with Crippen LogP contribution in [0.4, 0.5) is 4.79 Å². The zero-order valence-corrected chi connectivity index (χ0v) is 29.3. The van der Waals surface area contributed by atoms with Gasteiger partial charge in [-0.25, -0.2) is 4.79 Å². The lowest BCUT2D eigenvalue weighted by Gasteiger charge is -2.35. The standard InChI is InChI=1S/C37H48N6O7/c1-5-10-26(30(44)33(46)39-23-15-16-23)40-32(45)28-20-37(19-27(42-50-37)29-25-14-9-6-11-22(25)17-18-38-29)21-43(28)34(47)31(36(2,3)4)41-35(48)49-24-12-7-8-13-24/h6,9,11,14,17-18,23-24,26,28,31H,5,7-8,10,12-13,15-16,19-21H2,1-4H3,(H,39,46)(H,40,45)(H,41,48)/t26-,28-,31+,37+/m0/s1. The summed E-state index contributed by atoms with van der Waals surface area (Å²) in [7, 11) is 0. The number of oxime groups is 1. The number of hydrogen-bond acceptors (Lipinski definition) is 9. The molecule has 1 spiro atoms. The molecule has 6 rings (SSSR count). The van der Waals surface area contributed by atoms with Gasteiger partial charge in [-0.2, -0.15) is 0 Å². The molecule has 2 aromatic rings. The zero-order valence-electron chi connectivity index (χ0n) is 29.3. The summed E-state index contributed by atoms with van der Waals surface area (Å²) in [6.07, 6.45) is 7.14. The second kappa shape index (κ2) is 14.4. The molecule has 50 heavy (non-hydrogen) atoms. The molecule has 2 saturated carbocycles. The van der Waals surface area contributed by atoms with E-state index in [1.807, 2.05) is 58.0 Å². The number of carbonyl (C=O) groups is 5. The van der Waals surface area contributed by atoms with Crippen molar-refractivity contribution < 1.29 is 33.5 Å². The van der Waals surface area contributed by atoms with E-state index in [2.05, 4.69) is 26.1 Å². The van der Waals surface area contributed by atoms with Crippen LogP contribution >= 0.6 is 0 Å². The molecular weight excluding hydrogens is 640 g/mol. The third-order valence-electron chi connectivity index (χ3n) is 10.1. The molecule has 2 aliphatic carbocycles. The molecule has 3 fully saturated rings. The highest BCUT2D eigenvalue weighted by Crippen LogP contribution is 2.40. The summed E-state index contributed by atoms with van der Waals surface area (Å²) in [6.45, 7) is 7.37. The van der Waals surface area contributed by atoms with Crippen LogP contribution in [0.25, 0.3) is 10.8 Å². The maximum absolute atomic E-state index is 14.6. The fraction of sp³-hybridized carbons (Fsp3) is 0.595. The SMILES string of the molecule is CCC[C@H](NC(=O)[C@@H]1C[C@]2(CC(c3nccc4ccccc34)=NO2)CN1C(=O)[C@@H](NC(=O)OC1CCCC1)C(C)(C)C)C(=O)C(=O)NC1CC1. The second-order valence-electron chi connectivity index (χ2n) is 15.3. The minimum Gasteiger partial charge on any atom is -0.446 e. The molecule has 13 heteroatoms. The number of fused-ring (bicyclic) bond motifs is 1. The Kier molecular flexibility index (Phi) is 10.1. The average molecular weight is 689 g/mol. The van der Waals surface area contributed by atoms with E-state index in [-0.39, 0.29) is 38.0 Å². The largest absolute Gasteiger partial charge is 0.446 e. The van der Waals surface area contributed by atoms with E-state index in [4.69, 9.17) is 9.57 Å². The van der Waals surface area contributed by atoms with Crippen LogP contribution in [0, 0.1) is 5.41 Å². The summed E-state index contributed by atoms with van der Waals surface area (Å²) in [6, 6.07) is 6.53. The summed E-state index contributed by atoms with van der Waals surface area (Å²) in [4.78, 5) is 79.9. The molecule has 1 aromatic carbocycles. The first-order valence-corrected chi connectivity index (χ1v) is 17.9. The van der Waals surface area contributed by atoms with Gasteiger partial charge in [0.25, 0.3) is 5.91 Å². The first kappa shape index (κ1) is 35.3. The third kappa shape index (κ3) is 7.76. The monoisotopic (exact) mass is 688 g/mol. The summed E-state index contributed by atoms with van der Waals surface area (Å²) in [5, 5.41) is 14.6. The van der Waals surface area contributed by atoms with E-state index in [1.165, 1.54) is 4.90 Å². The van der Waals surface area contributed by atoms with Gasteiger partial charge < -0.3 is 30.4 Å². The van der Waals surface area contributed by atoms with Crippen molar-refractivity contribution in [2.45, 2.75) is 128 Å². The number of benzene rings is 1. The Labute approximate surface area is 292 Å². The summed E-state index contributed by atoms with van der Waals surface area (Å²) in [5.74, 6) is -2.50. The molecule has 3 heterocycles. The van der Waals surface area contributed by atoms with Crippen molar-refractivity contribution in [1.29, 1.82) is 0 Å². The predicted molar refractivity (Wildman–Crippen MR) is 185 cm³/mol. The molecule has 3 N–H and O–H groups in total. The number of aromatic nitrogens is 1. The van der Waals surface area contributed by atoms with Gasteiger partial charge in [-0.15, -0.1) is 0 Å². The van der Waals surface area contributed by atoms with Gasteiger partial charge in [0.2, 0.25) is 17.6 Å². The molecular formula is C37H48N6O7. The number of nitrogens with one attached hydrogen (secondary N) is 3. The lowest BCUT2D eigenvalue weighted by Crippen LogP contribution is -2.59. The Hall–Kier alpha value is -4.55. The van der Waals surface area contributed by atoms with Crippen molar-refractivity contribution in [2.24, 2.45) is 10.6 Å². The third-order valence-corrected chi connectivity index (χ3v) is 10.1. The number of rotatable bonds is 11. The van der Waals surface area contributed by atoms with Crippen LogP contribution < -0.4 is 16.0 Å². The Morgan fingerprint density at radius 3 is 2.48 bits per heavy atom. The van der Waals surface area contributed by atoms with Crippen LogP contribution in [-0.4, -0.2) is 87.6 Å². The van der Waals surface area contributed by atoms with Gasteiger partial charge in [0.05, 0.1) is 18.3 Å². The highest BCUT2D eigenvalue weighted by Gasteiger charge is 2.56. The van der Waals surface area contributed by atoms with E-state index in [0.717, 1.165) is 49.3 Å². The van der Waals surface area contributed by atoms with Gasteiger partial charge in [0.15, 0.2) is 5.60 Å². The first-order chi connectivity index (χ1) is 23.9. The van der Waals surface area contributed by atoms with E-state index in [9.17, 15) is 24.0 Å². The molecule has 13 nitrogen and oxygen atoms in total. The van der Waals surface area contributed by atoms with Gasteiger partial charge in [0, 0.05) is 30.5 Å². The Morgan fingerprint density at radius 2 is 1.78 bits per heavy atom. The van der Waals surface area contributed by atoms with E-state index in [0.29, 0.717) is 17.8 Å². The van der Waals surface area contributed by atoms with Gasteiger partial charge in [-0.05, 0) is 61.8 Å². The van der Waals surface area contributed by atoms with Crippen LogP contribution in [0.2, 0.25) is 0 Å². The molecule has 2 aliphatic heterocycles. The highest BCUT2D eigenvalue weighted by molar-refractivity contribution is 6.38. The second-order valence-corrected chi connectivity index (χ2v) is 15.3. The smallest absolute Gasteiger partial charge is 0.408 e. The number of hydrogen-bond donors (Lipinski definition) is 3. The summed E-state index contributed by atoms with van der Waals surface area (Å²) in [5.41, 5.74) is -0.567. The average Bonchev–Trinajstić information content (AvgIpc) is 3.43. The number of Topliss-reactive ketones (excluding diaryl/α,β-unsaturated/α-hetero) is 1. The number of pyridine rings is 1. The predicted octanol–water partition coefficient (Wildman–Crippen LogP) is 3.92. The van der Waals surface area contributed by atoms with Crippen LogP contribution in [0.15, 0.2) is 41.7 Å². The maximum atomic E-state index is 14.6. The number of nitrogens with zero attached hydrogens (tertiary/aromatic N) is 3. The minimum absolute atomic E-state index is 0.00216. The van der Waals surface area contributed by atoms with E-state index in [1.54, 1.807) is 6.20 Å². The van der Waals surface area contributed by atoms with Crippen molar-refractivity contribution in [2.75, 3.05) is 6.54 Å². The van der Waals surface area contributed by atoms with E-state index >= 15 is 0 Å². The number of amides is 4. The zero-order chi connectivity index (χ0) is 35.6. The normalized spacial score (nSPS) is 23.2. The molecule has 0 radical (unpaired) electrons. The van der Waals surface area contributed by atoms with Gasteiger partial charge in [-0.1, -0.05) is 63.5 Å². The molecule has 1 saturated heterocycles. The van der Waals surface area contributed by atoms with Crippen LogP contribution in [0.1, 0.15) is 97.6 Å². The molecule has 268 valence electrons. The fourth-order valence-corrected chi connectivity index (χ4v) is 7.20. The van der Waals surface area contributed by atoms with Gasteiger partial charge in [0.1, 0.15) is 23.9 Å². The minimum atomic E-state index is -1.08. The quantitative estimate of drug-likeness (QED) is 0.299. The van der Waals surface area contributed by atoms with Gasteiger partial charge in [-0.3, -0.25) is 24.2 Å². The molecule has 4 atom stereocenters. The Bertz CT molecular complexity index is 1670. The molecule has 0 bridgehead atoms. The van der Waals surface area contributed by atoms with Crippen molar-refractivity contribution in [3.8, 4) is 0 Å². The summed E-state index contributed by atoms with van der Waals surface area (Å²) < 4.78 is 5.65. The number of ether oxygens (including phenoxy) is 1. The topological polar surface area (TPSA) is 168 Å². The number of ketones is 1. The van der Waals surface area contributed by atoms with E-state index < -0.39 is 58.7 Å². The van der Waals surface area contributed by atoms with Crippen LogP contribution in [-0.2, 0) is 28.8 Å². The Morgan fingerprint density at radius 1 is 1.04 bits per heavy atom. The fourth-order valence-electron chi connectivity index (χ4n) is 7.20. The lowest BCUT2D eigenvalue weighted by atomic mass is 9.85. The van der Waals surface area contributed by atoms with Crippen molar-refractivity contribution in [3.05, 3.63) is 42.2 Å². The van der Waals surface area contributed by atoms with Crippen LogP contribution in [0.3, 0.4) is 0 Å². The lowest BCUT2D eigenvalue weighted by molar-refractivity contribution is -0.144. The summed E-state index contributed by atoms with van der Waals surface area (Å²) >= 11 is 0. The van der Waals surface area contributed by atoms with Crippen LogP contribution in [0.5, 0.6) is 0 Å². The number of likely N-dealkylation sites (tertiary alicyclic amines) is 1. The Balaban J connectivity index is 1.26. The molecule has 1 aromatic heterocycles. The van der Waals surface area contributed by atoms with Crippen molar-refractivity contribution >= 4 is 46.1 Å². The van der Waals surface area contributed by atoms with Crippen molar-refractivity contribution in [1.82, 2.24) is 25.8 Å². The highest BCUT2D eigenvalue weighted by atomic mass is 16.7. The molecule has 4 amide bonds. The van der Waals surface area contributed by atoms with Gasteiger partial charge >= 0.3 is 6.09 Å².